The van der Waals surface area contributed by atoms with Crippen LogP contribution in [0.5, 0.6) is 0 Å². The van der Waals surface area contributed by atoms with Crippen molar-refractivity contribution in [3.05, 3.63) is 37.0 Å². The van der Waals surface area contributed by atoms with Gasteiger partial charge in [0.15, 0.2) is 6.10 Å². The number of carbonyl (C=O) groups excluding carboxylic acids is 1. The quantitative estimate of drug-likeness (QED) is 0.461. The monoisotopic (exact) mass is 364 g/mol. The van der Waals surface area contributed by atoms with Crippen LogP contribution in [-0.4, -0.2) is 38.8 Å². The summed E-state index contributed by atoms with van der Waals surface area (Å²) in [6.45, 7) is 5.73. The van der Waals surface area contributed by atoms with Crippen LogP contribution in [0.2, 0.25) is 0 Å². The Labute approximate surface area is 156 Å². The largest absolute Gasteiger partial charge is 0.479 e. The summed E-state index contributed by atoms with van der Waals surface area (Å²) in [6, 6.07) is 0. The minimum absolute atomic E-state index is 0.0603. The lowest BCUT2D eigenvalue weighted by Gasteiger charge is -2.22. The molecular formula is C21H32O5. The third kappa shape index (κ3) is 7.26. The summed E-state index contributed by atoms with van der Waals surface area (Å²) < 4.78 is 0. The van der Waals surface area contributed by atoms with E-state index in [0.717, 1.165) is 12.8 Å². The minimum atomic E-state index is -1.34. The van der Waals surface area contributed by atoms with Crippen molar-refractivity contribution in [1.82, 2.24) is 0 Å². The molecule has 3 N–H and O–H groups in total. The molecule has 26 heavy (non-hydrogen) atoms. The molecule has 5 nitrogen and oxygen atoms in total. The van der Waals surface area contributed by atoms with Crippen molar-refractivity contribution < 1.29 is 24.9 Å². The topological polar surface area (TPSA) is 94.8 Å². The highest BCUT2D eigenvalue weighted by molar-refractivity contribution is 5.83. The van der Waals surface area contributed by atoms with Gasteiger partial charge in [0, 0.05) is 12.3 Å². The Kier molecular flexibility index (Phi) is 9.52. The Morgan fingerprint density at radius 3 is 2.73 bits per heavy atom. The summed E-state index contributed by atoms with van der Waals surface area (Å²) in [5, 5.41) is 28.2. The maximum absolute atomic E-state index is 12.1. The summed E-state index contributed by atoms with van der Waals surface area (Å²) in [5.74, 6) is -0.845. The van der Waals surface area contributed by atoms with E-state index in [1.165, 1.54) is 0 Å². The van der Waals surface area contributed by atoms with Crippen LogP contribution in [-0.2, 0) is 9.59 Å². The summed E-state index contributed by atoms with van der Waals surface area (Å²) in [6.07, 6.45) is 12.7. The number of carbonyl (C=O) groups is 2. The molecule has 1 aliphatic rings. The number of aliphatic hydroxyl groups is 2. The molecule has 1 rings (SSSR count). The number of hydrogen-bond acceptors (Lipinski definition) is 4. The van der Waals surface area contributed by atoms with Crippen LogP contribution < -0.4 is 0 Å². The Balaban J connectivity index is 2.51. The first kappa shape index (κ1) is 22.3. The molecule has 0 spiro atoms. The van der Waals surface area contributed by atoms with Crippen molar-refractivity contribution >= 4 is 11.8 Å². The molecule has 146 valence electrons. The van der Waals surface area contributed by atoms with Gasteiger partial charge < -0.3 is 15.3 Å². The first-order valence-corrected chi connectivity index (χ1v) is 9.44. The standard InChI is InChI=1S/C21H32O5/c1-3-14-21(26,4-2)15-8-9-16-12-13-18(22)17(16)10-6-5-7-11-19(23)20(24)25/h4-6,8-9,16-17,19,23,26H,2-3,7,10-15H2,1H3,(H,24,25)/t16-,17+,19?,21?/m0/s1. The maximum atomic E-state index is 12.1. The molecule has 0 aliphatic heterocycles. The van der Waals surface area contributed by atoms with E-state index in [4.69, 9.17) is 5.11 Å². The van der Waals surface area contributed by atoms with Gasteiger partial charge in [-0.15, -0.1) is 6.58 Å². The first-order chi connectivity index (χ1) is 12.3. The van der Waals surface area contributed by atoms with Crippen molar-refractivity contribution in [3.8, 4) is 0 Å². The average molecular weight is 364 g/mol. The Morgan fingerprint density at radius 1 is 1.38 bits per heavy atom. The molecule has 1 saturated carbocycles. The normalized spacial score (nSPS) is 24.2. The molecule has 0 aromatic carbocycles. The van der Waals surface area contributed by atoms with Crippen LogP contribution in [0, 0.1) is 11.8 Å². The van der Waals surface area contributed by atoms with Gasteiger partial charge in [-0.1, -0.05) is 43.7 Å². The second kappa shape index (κ2) is 11.1. The van der Waals surface area contributed by atoms with Gasteiger partial charge in [0.1, 0.15) is 5.78 Å². The van der Waals surface area contributed by atoms with Gasteiger partial charge in [-0.05, 0) is 44.4 Å². The lowest BCUT2D eigenvalue weighted by atomic mass is 9.89. The molecule has 0 heterocycles. The number of carboxylic acid groups (broad SMARTS) is 1. The van der Waals surface area contributed by atoms with E-state index in [0.29, 0.717) is 32.1 Å². The van der Waals surface area contributed by atoms with E-state index in [-0.39, 0.29) is 24.0 Å². The van der Waals surface area contributed by atoms with Crippen molar-refractivity contribution in [1.29, 1.82) is 0 Å². The zero-order valence-electron chi connectivity index (χ0n) is 15.6. The fourth-order valence-corrected chi connectivity index (χ4v) is 3.38. The Bertz CT molecular complexity index is 537. The maximum Gasteiger partial charge on any atom is 0.332 e. The zero-order valence-corrected chi connectivity index (χ0v) is 15.6. The highest BCUT2D eigenvalue weighted by Crippen LogP contribution is 2.33. The number of Topliss-reactive ketones (excluding diaryl/α,β-unsaturated/α-hetero) is 1. The molecule has 0 aromatic heterocycles. The van der Waals surface area contributed by atoms with Crippen LogP contribution in [0.4, 0.5) is 0 Å². The van der Waals surface area contributed by atoms with Crippen molar-refractivity contribution in [2.75, 3.05) is 0 Å². The van der Waals surface area contributed by atoms with Crippen molar-refractivity contribution in [3.63, 3.8) is 0 Å². The van der Waals surface area contributed by atoms with Gasteiger partial charge in [0.05, 0.1) is 5.60 Å². The molecule has 2 unspecified atom stereocenters. The van der Waals surface area contributed by atoms with Gasteiger partial charge >= 0.3 is 5.97 Å². The smallest absolute Gasteiger partial charge is 0.332 e. The predicted octanol–water partition coefficient (Wildman–Crippen LogP) is 3.42. The van der Waals surface area contributed by atoms with Crippen LogP contribution in [0.15, 0.2) is 37.0 Å². The summed E-state index contributed by atoms with van der Waals surface area (Å²) in [4.78, 5) is 22.7. The van der Waals surface area contributed by atoms with E-state index in [1.807, 2.05) is 31.2 Å². The van der Waals surface area contributed by atoms with Crippen LogP contribution in [0.25, 0.3) is 0 Å². The number of aliphatic carboxylic acids is 1. The lowest BCUT2D eigenvalue weighted by molar-refractivity contribution is -0.146. The fourth-order valence-electron chi connectivity index (χ4n) is 3.38. The van der Waals surface area contributed by atoms with E-state index < -0.39 is 17.7 Å². The molecule has 1 aliphatic carbocycles. The fraction of sp³-hybridized carbons (Fsp3) is 0.619. The molecule has 0 aromatic rings. The Morgan fingerprint density at radius 2 is 2.12 bits per heavy atom. The number of rotatable bonds is 12. The van der Waals surface area contributed by atoms with E-state index in [1.54, 1.807) is 6.08 Å². The number of ketones is 1. The zero-order chi connectivity index (χ0) is 19.6. The summed E-state index contributed by atoms with van der Waals surface area (Å²) in [7, 11) is 0. The number of allylic oxidation sites excluding steroid dienone is 3. The average Bonchev–Trinajstić information content (AvgIpc) is 2.94. The highest BCUT2D eigenvalue weighted by atomic mass is 16.4. The van der Waals surface area contributed by atoms with Crippen LogP contribution >= 0.6 is 0 Å². The molecule has 0 bridgehead atoms. The van der Waals surface area contributed by atoms with Gasteiger partial charge in [-0.25, -0.2) is 4.79 Å². The third-order valence-electron chi connectivity index (χ3n) is 5.02. The second-order valence-electron chi connectivity index (χ2n) is 7.10. The lowest BCUT2D eigenvalue weighted by Crippen LogP contribution is -2.24. The molecule has 0 saturated heterocycles. The highest BCUT2D eigenvalue weighted by Gasteiger charge is 2.32. The first-order valence-electron chi connectivity index (χ1n) is 9.44. The predicted molar refractivity (Wildman–Crippen MR) is 102 cm³/mol. The molecule has 4 atom stereocenters. The number of carboxylic acids is 1. The minimum Gasteiger partial charge on any atom is -0.479 e. The van der Waals surface area contributed by atoms with E-state index in [9.17, 15) is 19.8 Å². The number of aliphatic hydroxyl groups excluding tert-OH is 1. The van der Waals surface area contributed by atoms with Crippen LogP contribution in [0.3, 0.4) is 0 Å². The second-order valence-corrected chi connectivity index (χ2v) is 7.10. The molecule has 0 radical (unpaired) electrons. The SMILES string of the molecule is C=CC(O)(CC=C[C@H]1CCC(=O)[C@@H]1CC=CCCC(O)C(=O)O)CCC. The molecule has 0 amide bonds. The summed E-state index contributed by atoms with van der Waals surface area (Å²) >= 11 is 0. The molecule has 5 heteroatoms. The molecular weight excluding hydrogens is 332 g/mol. The van der Waals surface area contributed by atoms with Gasteiger partial charge in [0.2, 0.25) is 0 Å². The van der Waals surface area contributed by atoms with Crippen molar-refractivity contribution in [2.24, 2.45) is 11.8 Å². The van der Waals surface area contributed by atoms with Gasteiger partial charge in [-0.3, -0.25) is 4.79 Å². The van der Waals surface area contributed by atoms with Gasteiger partial charge in [0.25, 0.3) is 0 Å². The van der Waals surface area contributed by atoms with E-state index >= 15 is 0 Å². The third-order valence-corrected chi connectivity index (χ3v) is 5.02. The number of hydrogen-bond donors (Lipinski definition) is 3. The van der Waals surface area contributed by atoms with E-state index in [2.05, 4.69) is 6.58 Å². The van der Waals surface area contributed by atoms with Crippen molar-refractivity contribution in [2.45, 2.75) is 70.0 Å². The molecule has 1 fully saturated rings. The summed E-state index contributed by atoms with van der Waals surface area (Å²) in [5.41, 5.74) is -0.881. The van der Waals surface area contributed by atoms with Crippen LogP contribution in [0.1, 0.15) is 58.3 Å². The Hall–Kier alpha value is -1.72. The van der Waals surface area contributed by atoms with Gasteiger partial charge in [-0.2, -0.15) is 0 Å².